The van der Waals surface area contributed by atoms with Crippen LogP contribution < -0.4 is 0 Å². The molecule has 0 saturated heterocycles. The normalized spacial score (nSPS) is 11.1. The van der Waals surface area contributed by atoms with Gasteiger partial charge in [-0.3, -0.25) is 0 Å². The van der Waals surface area contributed by atoms with Gasteiger partial charge in [0.25, 0.3) is 0 Å². The van der Waals surface area contributed by atoms with E-state index in [1.165, 1.54) is 5.56 Å². The zero-order valence-corrected chi connectivity index (χ0v) is 14.1. The van der Waals surface area contributed by atoms with Crippen molar-refractivity contribution in [1.29, 1.82) is 0 Å². The van der Waals surface area contributed by atoms with E-state index in [2.05, 4.69) is 64.0 Å². The molecule has 0 unspecified atom stereocenters. The van der Waals surface area contributed by atoms with E-state index in [9.17, 15) is 0 Å². The quantitative estimate of drug-likeness (QED) is 0.716. The van der Waals surface area contributed by atoms with Crippen LogP contribution >= 0.6 is 27.5 Å². The molecule has 0 spiro atoms. The van der Waals surface area contributed by atoms with Gasteiger partial charge in [0, 0.05) is 6.42 Å². The lowest BCUT2D eigenvalue weighted by Gasteiger charge is -2.10. The van der Waals surface area contributed by atoms with Crippen molar-refractivity contribution >= 4 is 27.5 Å². The maximum absolute atomic E-state index is 6.19. The van der Waals surface area contributed by atoms with Gasteiger partial charge in [-0.1, -0.05) is 55.8 Å². The van der Waals surface area contributed by atoms with Crippen molar-refractivity contribution in [3.05, 3.63) is 57.0 Å². The number of rotatable bonds is 5. The fourth-order valence-corrected chi connectivity index (χ4v) is 2.59. The number of halogens is 2. The molecule has 0 amide bonds. The minimum atomic E-state index is 0.513. The molecule has 1 aromatic heterocycles. The lowest BCUT2D eigenvalue weighted by atomic mass is 10.1. The molecule has 20 heavy (non-hydrogen) atoms. The van der Waals surface area contributed by atoms with Gasteiger partial charge in [-0.05, 0) is 40.3 Å². The molecule has 4 heteroatoms. The van der Waals surface area contributed by atoms with E-state index in [-0.39, 0.29) is 0 Å². The van der Waals surface area contributed by atoms with Gasteiger partial charge in [0.2, 0.25) is 0 Å². The van der Waals surface area contributed by atoms with Crippen LogP contribution in [0.3, 0.4) is 0 Å². The van der Waals surface area contributed by atoms with Gasteiger partial charge in [0.15, 0.2) is 0 Å². The average Bonchev–Trinajstić information content (AvgIpc) is 2.42. The molecule has 1 aromatic carbocycles. The van der Waals surface area contributed by atoms with Crippen molar-refractivity contribution in [2.75, 3.05) is 0 Å². The van der Waals surface area contributed by atoms with Crippen LogP contribution in [0, 0.1) is 5.92 Å². The minimum Gasteiger partial charge on any atom is -0.237 e. The van der Waals surface area contributed by atoms with Crippen molar-refractivity contribution in [3.63, 3.8) is 0 Å². The van der Waals surface area contributed by atoms with Crippen molar-refractivity contribution < 1.29 is 0 Å². The van der Waals surface area contributed by atoms with Crippen LogP contribution in [-0.2, 0) is 19.3 Å². The topological polar surface area (TPSA) is 25.8 Å². The van der Waals surface area contributed by atoms with E-state index >= 15 is 0 Å². The third kappa shape index (κ3) is 4.29. The van der Waals surface area contributed by atoms with Crippen molar-refractivity contribution in [2.24, 2.45) is 5.92 Å². The summed E-state index contributed by atoms with van der Waals surface area (Å²) in [5.41, 5.74) is 2.30. The molecule has 0 aliphatic rings. The second-order valence-electron chi connectivity index (χ2n) is 5.27. The van der Waals surface area contributed by atoms with Gasteiger partial charge < -0.3 is 0 Å². The van der Waals surface area contributed by atoms with Gasteiger partial charge >= 0.3 is 0 Å². The zero-order valence-electron chi connectivity index (χ0n) is 11.7. The smallest absolute Gasteiger partial charge is 0.147 e. The first-order chi connectivity index (χ1) is 9.56. The van der Waals surface area contributed by atoms with Gasteiger partial charge in [-0.2, -0.15) is 0 Å². The molecule has 0 aliphatic heterocycles. The van der Waals surface area contributed by atoms with Crippen LogP contribution in [0.25, 0.3) is 0 Å². The van der Waals surface area contributed by atoms with E-state index in [0.29, 0.717) is 11.1 Å². The third-order valence-corrected chi connectivity index (χ3v) is 4.34. The summed E-state index contributed by atoms with van der Waals surface area (Å²) in [6.07, 6.45) is 2.64. The Morgan fingerprint density at radius 3 is 2.45 bits per heavy atom. The monoisotopic (exact) mass is 352 g/mol. The molecule has 2 rings (SSSR count). The number of hydrogen-bond acceptors (Lipinski definition) is 2. The fraction of sp³-hybridized carbons (Fsp3) is 0.375. The first-order valence-electron chi connectivity index (χ1n) is 6.81. The summed E-state index contributed by atoms with van der Waals surface area (Å²) in [5.74, 6) is 1.36. The summed E-state index contributed by atoms with van der Waals surface area (Å²) >= 11 is 9.67. The third-order valence-electron chi connectivity index (χ3n) is 3.01. The molecule has 0 atom stereocenters. The van der Waals surface area contributed by atoms with E-state index < -0.39 is 0 Å². The molecular weight excluding hydrogens is 336 g/mol. The highest BCUT2D eigenvalue weighted by Gasteiger charge is 2.12. The van der Waals surface area contributed by atoms with Crippen LogP contribution in [-0.4, -0.2) is 9.97 Å². The Labute approximate surface area is 133 Å². The maximum Gasteiger partial charge on any atom is 0.147 e. The van der Waals surface area contributed by atoms with Crippen molar-refractivity contribution in [2.45, 2.75) is 33.1 Å². The molecule has 2 nitrogen and oxygen atoms in total. The molecule has 0 bridgehead atoms. The predicted molar refractivity (Wildman–Crippen MR) is 87.1 cm³/mol. The Bertz CT molecular complexity index is 570. The average molecular weight is 354 g/mol. The zero-order chi connectivity index (χ0) is 14.5. The summed E-state index contributed by atoms with van der Waals surface area (Å²) in [5, 5.41) is 0.513. The van der Waals surface area contributed by atoms with Gasteiger partial charge in [0.05, 0.1) is 10.2 Å². The first-order valence-corrected chi connectivity index (χ1v) is 7.98. The highest BCUT2D eigenvalue weighted by molar-refractivity contribution is 9.10. The Morgan fingerprint density at radius 2 is 1.80 bits per heavy atom. The van der Waals surface area contributed by atoms with Crippen LogP contribution in [0.4, 0.5) is 0 Å². The fourth-order valence-electron chi connectivity index (χ4n) is 2.05. The summed E-state index contributed by atoms with van der Waals surface area (Å²) in [7, 11) is 0. The summed E-state index contributed by atoms with van der Waals surface area (Å²) < 4.78 is 0.830. The van der Waals surface area contributed by atoms with E-state index in [1.807, 2.05) is 6.07 Å². The summed E-state index contributed by atoms with van der Waals surface area (Å²) in [6, 6.07) is 10.4. The van der Waals surface area contributed by atoms with E-state index in [4.69, 9.17) is 11.6 Å². The van der Waals surface area contributed by atoms with Crippen molar-refractivity contribution in [3.8, 4) is 0 Å². The number of aryl methyl sites for hydroxylation is 2. The number of aromatic nitrogens is 2. The summed E-state index contributed by atoms with van der Waals surface area (Å²) in [6.45, 7) is 4.35. The standard InChI is InChI=1S/C16H18BrClN2/c1-11(2)10-13-15(17)16(18)20-14(19-13)9-8-12-6-4-3-5-7-12/h3-7,11H,8-10H2,1-2H3. The van der Waals surface area contributed by atoms with Gasteiger partial charge in [-0.15, -0.1) is 0 Å². The Hall–Kier alpha value is -0.930. The predicted octanol–water partition coefficient (Wildman–Crippen LogP) is 4.88. The largest absolute Gasteiger partial charge is 0.237 e. The molecule has 0 N–H and O–H groups in total. The number of nitrogens with zero attached hydrogens (tertiary/aromatic N) is 2. The Morgan fingerprint density at radius 1 is 1.10 bits per heavy atom. The number of hydrogen-bond donors (Lipinski definition) is 0. The van der Waals surface area contributed by atoms with Gasteiger partial charge in [0.1, 0.15) is 11.0 Å². The first kappa shape index (κ1) is 15.5. The minimum absolute atomic E-state index is 0.513. The van der Waals surface area contributed by atoms with Crippen LogP contribution in [0.1, 0.15) is 30.9 Å². The lowest BCUT2D eigenvalue weighted by Crippen LogP contribution is -2.06. The highest BCUT2D eigenvalue weighted by Crippen LogP contribution is 2.25. The van der Waals surface area contributed by atoms with Gasteiger partial charge in [-0.25, -0.2) is 9.97 Å². The molecule has 1 heterocycles. The SMILES string of the molecule is CC(C)Cc1nc(CCc2ccccc2)nc(Cl)c1Br. The molecule has 106 valence electrons. The number of benzene rings is 1. The highest BCUT2D eigenvalue weighted by atomic mass is 79.9. The molecule has 0 radical (unpaired) electrons. The summed E-state index contributed by atoms with van der Waals surface area (Å²) in [4.78, 5) is 9.01. The van der Waals surface area contributed by atoms with Crippen LogP contribution in [0.2, 0.25) is 5.15 Å². The lowest BCUT2D eigenvalue weighted by molar-refractivity contribution is 0.627. The Balaban J connectivity index is 2.14. The van der Waals surface area contributed by atoms with E-state index in [1.54, 1.807) is 0 Å². The second kappa shape index (κ2) is 7.19. The van der Waals surface area contributed by atoms with Crippen LogP contribution in [0.15, 0.2) is 34.8 Å². The molecular formula is C16H18BrClN2. The Kier molecular flexibility index (Phi) is 5.55. The van der Waals surface area contributed by atoms with E-state index in [0.717, 1.165) is 35.3 Å². The van der Waals surface area contributed by atoms with Crippen LogP contribution in [0.5, 0.6) is 0 Å². The molecule has 0 saturated carbocycles. The maximum atomic E-state index is 6.19. The second-order valence-corrected chi connectivity index (χ2v) is 6.43. The molecule has 0 aliphatic carbocycles. The van der Waals surface area contributed by atoms with Crippen molar-refractivity contribution in [1.82, 2.24) is 9.97 Å². The molecule has 2 aromatic rings. The molecule has 0 fully saturated rings.